The Morgan fingerprint density at radius 1 is 1.17 bits per heavy atom. The first kappa shape index (κ1) is 17.5. The zero-order valence-electron chi connectivity index (χ0n) is 13.7. The highest BCUT2D eigenvalue weighted by molar-refractivity contribution is 7.98. The predicted molar refractivity (Wildman–Crippen MR) is 95.3 cm³/mol. The largest absolute Gasteiger partial charge is 0.264 e. The van der Waals surface area contributed by atoms with E-state index in [0.29, 0.717) is 0 Å². The van der Waals surface area contributed by atoms with Gasteiger partial charge in [-0.25, -0.2) is 0 Å². The molecule has 0 aliphatic rings. The number of nitrogens with zero attached hydrogens (tertiary/aromatic N) is 2. The van der Waals surface area contributed by atoms with Crippen LogP contribution in [0.15, 0.2) is 48.7 Å². The lowest BCUT2D eigenvalue weighted by atomic mass is 9.87. The standard InChI is InChI=1S/C18H22N2O2S/c1-18(2,3)15-9-7-14(8-10-15)13-23-17(12-20(21)22)16-6-4-5-11-19-16/h4-11,17H,12-13H2,1-3H3/t17-/m0/s1. The first-order valence-electron chi connectivity index (χ1n) is 7.60. The second kappa shape index (κ2) is 7.59. The summed E-state index contributed by atoms with van der Waals surface area (Å²) < 4.78 is 0. The number of hydrogen-bond donors (Lipinski definition) is 0. The Morgan fingerprint density at radius 2 is 1.87 bits per heavy atom. The third-order valence-corrected chi connectivity index (χ3v) is 4.90. The predicted octanol–water partition coefficient (Wildman–Crippen LogP) is 4.63. The number of nitro groups is 1. The molecular weight excluding hydrogens is 308 g/mol. The maximum Gasteiger partial charge on any atom is 0.221 e. The first-order chi connectivity index (χ1) is 10.9. The summed E-state index contributed by atoms with van der Waals surface area (Å²) in [5.41, 5.74) is 3.36. The molecule has 23 heavy (non-hydrogen) atoms. The molecule has 5 heteroatoms. The minimum absolute atomic E-state index is 0.109. The maximum absolute atomic E-state index is 10.9. The average molecular weight is 330 g/mol. The molecule has 0 spiro atoms. The molecule has 0 saturated carbocycles. The summed E-state index contributed by atoms with van der Waals surface area (Å²) in [4.78, 5) is 14.9. The zero-order valence-corrected chi connectivity index (χ0v) is 14.5. The van der Waals surface area contributed by atoms with E-state index in [2.05, 4.69) is 50.0 Å². The number of pyridine rings is 1. The van der Waals surface area contributed by atoms with Crippen molar-refractivity contribution in [2.75, 3.05) is 6.54 Å². The van der Waals surface area contributed by atoms with Crippen LogP contribution in [-0.2, 0) is 11.2 Å². The smallest absolute Gasteiger partial charge is 0.221 e. The van der Waals surface area contributed by atoms with E-state index < -0.39 is 0 Å². The van der Waals surface area contributed by atoms with Crippen LogP contribution in [0.25, 0.3) is 0 Å². The van der Waals surface area contributed by atoms with Crippen LogP contribution in [-0.4, -0.2) is 16.5 Å². The van der Waals surface area contributed by atoms with E-state index in [4.69, 9.17) is 0 Å². The van der Waals surface area contributed by atoms with Crippen molar-refractivity contribution in [3.05, 3.63) is 75.6 Å². The second-order valence-corrected chi connectivity index (χ2v) is 7.71. The molecule has 122 valence electrons. The number of aromatic nitrogens is 1. The van der Waals surface area contributed by atoms with Crippen molar-refractivity contribution >= 4 is 11.8 Å². The molecule has 0 fully saturated rings. The molecule has 0 bridgehead atoms. The molecule has 0 N–H and O–H groups in total. The molecule has 1 aromatic heterocycles. The van der Waals surface area contributed by atoms with E-state index in [1.807, 2.05) is 18.2 Å². The van der Waals surface area contributed by atoms with Crippen LogP contribution < -0.4 is 0 Å². The van der Waals surface area contributed by atoms with Crippen molar-refractivity contribution in [1.82, 2.24) is 4.98 Å². The van der Waals surface area contributed by atoms with Crippen molar-refractivity contribution in [3.63, 3.8) is 0 Å². The lowest BCUT2D eigenvalue weighted by Gasteiger charge is -2.19. The molecule has 0 radical (unpaired) electrons. The van der Waals surface area contributed by atoms with Gasteiger partial charge in [0.15, 0.2) is 0 Å². The average Bonchev–Trinajstić information content (AvgIpc) is 2.51. The van der Waals surface area contributed by atoms with Crippen LogP contribution in [0.1, 0.15) is 42.8 Å². The van der Waals surface area contributed by atoms with Crippen LogP contribution in [0.2, 0.25) is 0 Å². The van der Waals surface area contributed by atoms with Crippen molar-refractivity contribution in [2.24, 2.45) is 0 Å². The Balaban J connectivity index is 2.05. The summed E-state index contributed by atoms with van der Waals surface area (Å²) in [6, 6.07) is 14.0. The fraction of sp³-hybridized carbons (Fsp3) is 0.389. The van der Waals surface area contributed by atoms with Crippen LogP contribution in [0.4, 0.5) is 0 Å². The minimum Gasteiger partial charge on any atom is -0.264 e. The highest BCUT2D eigenvalue weighted by atomic mass is 32.2. The number of rotatable bonds is 6. The minimum atomic E-state index is -0.269. The first-order valence-corrected chi connectivity index (χ1v) is 8.65. The van der Waals surface area contributed by atoms with Gasteiger partial charge in [0.1, 0.15) is 5.25 Å². The maximum atomic E-state index is 10.9. The molecule has 0 aliphatic heterocycles. The molecule has 0 saturated heterocycles. The normalized spacial score (nSPS) is 12.8. The number of hydrogen-bond acceptors (Lipinski definition) is 4. The van der Waals surface area contributed by atoms with Crippen LogP contribution in [0, 0.1) is 10.1 Å². The van der Waals surface area contributed by atoms with Crippen LogP contribution >= 0.6 is 11.8 Å². The molecule has 1 heterocycles. The van der Waals surface area contributed by atoms with Gasteiger partial charge < -0.3 is 0 Å². The summed E-state index contributed by atoms with van der Waals surface area (Å²) in [6.45, 7) is 6.45. The number of thioether (sulfide) groups is 1. The SMILES string of the molecule is CC(C)(C)c1ccc(CS[C@@H](C[N+](=O)[O-])c2ccccn2)cc1. The van der Waals surface area contributed by atoms with Crippen LogP contribution in [0.3, 0.4) is 0 Å². The highest BCUT2D eigenvalue weighted by Gasteiger charge is 2.20. The summed E-state index contributed by atoms with van der Waals surface area (Å²) in [6.07, 6.45) is 1.68. The fourth-order valence-corrected chi connectivity index (χ4v) is 3.35. The molecule has 2 aromatic rings. The summed E-state index contributed by atoms with van der Waals surface area (Å²) >= 11 is 1.57. The topological polar surface area (TPSA) is 56.0 Å². The number of benzene rings is 1. The molecule has 4 nitrogen and oxygen atoms in total. The zero-order chi connectivity index (χ0) is 16.9. The van der Waals surface area contributed by atoms with Gasteiger partial charge in [-0.05, 0) is 28.7 Å². The van der Waals surface area contributed by atoms with E-state index in [0.717, 1.165) is 11.4 Å². The molecule has 0 amide bonds. The molecule has 0 unspecified atom stereocenters. The Kier molecular flexibility index (Phi) is 5.77. The fourth-order valence-electron chi connectivity index (χ4n) is 2.23. The molecular formula is C18H22N2O2S. The van der Waals surface area contributed by atoms with Crippen molar-refractivity contribution in [1.29, 1.82) is 0 Å². The second-order valence-electron chi connectivity index (χ2n) is 6.52. The van der Waals surface area contributed by atoms with Crippen molar-refractivity contribution < 1.29 is 4.92 Å². The van der Waals surface area contributed by atoms with Gasteiger partial charge in [-0.2, -0.15) is 0 Å². The Bertz CT molecular complexity index is 636. The van der Waals surface area contributed by atoms with Crippen LogP contribution in [0.5, 0.6) is 0 Å². The van der Waals surface area contributed by atoms with Gasteiger partial charge in [0.05, 0.1) is 5.69 Å². The Morgan fingerprint density at radius 3 is 2.39 bits per heavy atom. The van der Waals surface area contributed by atoms with Gasteiger partial charge in [0, 0.05) is 16.9 Å². The van der Waals surface area contributed by atoms with Gasteiger partial charge in [0.25, 0.3) is 0 Å². The third kappa shape index (κ3) is 5.36. The molecule has 2 rings (SSSR count). The van der Waals surface area contributed by atoms with Gasteiger partial charge in [-0.1, -0.05) is 51.1 Å². The van der Waals surface area contributed by atoms with Crippen molar-refractivity contribution in [3.8, 4) is 0 Å². The lowest BCUT2D eigenvalue weighted by Crippen LogP contribution is -2.12. The summed E-state index contributed by atoms with van der Waals surface area (Å²) in [5, 5.41) is 10.7. The lowest BCUT2D eigenvalue weighted by molar-refractivity contribution is -0.479. The molecule has 0 aliphatic carbocycles. The monoisotopic (exact) mass is 330 g/mol. The highest BCUT2D eigenvalue weighted by Crippen LogP contribution is 2.31. The van der Waals surface area contributed by atoms with Gasteiger partial charge in [0.2, 0.25) is 6.54 Å². The van der Waals surface area contributed by atoms with E-state index in [-0.39, 0.29) is 22.1 Å². The van der Waals surface area contributed by atoms with E-state index in [9.17, 15) is 10.1 Å². The Labute approximate surface area is 141 Å². The molecule has 1 atom stereocenters. The van der Waals surface area contributed by atoms with Crippen molar-refractivity contribution in [2.45, 2.75) is 37.2 Å². The van der Waals surface area contributed by atoms with Gasteiger partial charge in [-0.3, -0.25) is 15.1 Å². The summed E-state index contributed by atoms with van der Waals surface area (Å²) in [5.74, 6) is 0.736. The third-order valence-electron chi connectivity index (χ3n) is 3.60. The van der Waals surface area contributed by atoms with Gasteiger partial charge in [-0.15, -0.1) is 11.8 Å². The van der Waals surface area contributed by atoms with Gasteiger partial charge >= 0.3 is 0 Å². The van der Waals surface area contributed by atoms with E-state index in [1.54, 1.807) is 18.0 Å². The molecule has 1 aromatic carbocycles. The van der Waals surface area contributed by atoms with E-state index >= 15 is 0 Å². The Hall–Kier alpha value is -1.88. The quantitative estimate of drug-likeness (QED) is 0.572. The van der Waals surface area contributed by atoms with E-state index in [1.165, 1.54) is 11.1 Å². The summed E-state index contributed by atoms with van der Waals surface area (Å²) in [7, 11) is 0.